The molecular weight excluding hydrogens is 260 g/mol. The third-order valence-electron chi connectivity index (χ3n) is 2.41. The molecule has 0 aliphatic rings. The van der Waals surface area contributed by atoms with Crippen molar-refractivity contribution in [1.82, 2.24) is 0 Å². The number of carbonyl (C=O) groups excluding carboxylic acids is 2. The lowest BCUT2D eigenvalue weighted by Crippen LogP contribution is -2.03. The van der Waals surface area contributed by atoms with Crippen molar-refractivity contribution in [2.24, 2.45) is 0 Å². The average Bonchev–Trinajstić information content (AvgIpc) is 2.90. The normalized spacial score (nSPS) is 10.6. The molecule has 1 aromatic carbocycles. The summed E-state index contributed by atoms with van der Waals surface area (Å²) in [6.07, 6.45) is 3.08. The van der Waals surface area contributed by atoms with Crippen molar-refractivity contribution in [2.75, 3.05) is 0 Å². The van der Waals surface area contributed by atoms with Crippen molar-refractivity contribution in [3.05, 3.63) is 58.3 Å². The average molecular weight is 272 g/mol. The van der Waals surface area contributed by atoms with Crippen molar-refractivity contribution >= 4 is 29.2 Å². The van der Waals surface area contributed by atoms with Gasteiger partial charge in [0.1, 0.15) is 5.75 Å². The molecule has 0 fully saturated rings. The topological polar surface area (TPSA) is 43.4 Å². The first-order valence-corrected chi connectivity index (χ1v) is 6.57. The highest BCUT2D eigenvalue weighted by Gasteiger charge is 2.02. The van der Waals surface area contributed by atoms with Gasteiger partial charge in [0.05, 0.1) is 0 Å². The lowest BCUT2D eigenvalue weighted by atomic mass is 10.1. The Morgan fingerprint density at radius 1 is 1.16 bits per heavy atom. The fourth-order valence-corrected chi connectivity index (χ4v) is 2.06. The van der Waals surface area contributed by atoms with Gasteiger partial charge in [-0.1, -0.05) is 6.07 Å². The summed E-state index contributed by atoms with van der Waals surface area (Å²) in [6.45, 7) is 1.49. The Bertz CT molecular complexity index is 595. The van der Waals surface area contributed by atoms with Crippen LogP contribution in [0.2, 0.25) is 0 Å². The van der Waals surface area contributed by atoms with Gasteiger partial charge in [-0.25, -0.2) is 4.79 Å². The Balaban J connectivity index is 1.97. The third-order valence-corrected chi connectivity index (χ3v) is 3.24. The molecule has 0 saturated carbocycles. The maximum atomic E-state index is 11.6. The number of thiophene rings is 1. The summed E-state index contributed by atoms with van der Waals surface area (Å²) in [5.74, 6) is -0.0368. The molecule has 0 spiro atoms. The van der Waals surface area contributed by atoms with Gasteiger partial charge in [0.25, 0.3) is 0 Å². The zero-order chi connectivity index (χ0) is 13.7. The van der Waals surface area contributed by atoms with E-state index in [1.165, 1.54) is 13.0 Å². The number of Topliss-reactive ketones (excluding diaryl/α,β-unsaturated/α-hetero) is 1. The zero-order valence-electron chi connectivity index (χ0n) is 10.3. The summed E-state index contributed by atoms with van der Waals surface area (Å²) in [5.41, 5.74) is 0.592. The van der Waals surface area contributed by atoms with Gasteiger partial charge >= 0.3 is 5.97 Å². The van der Waals surface area contributed by atoms with Crippen LogP contribution in [0.3, 0.4) is 0 Å². The van der Waals surface area contributed by atoms with Crippen LogP contribution in [-0.4, -0.2) is 11.8 Å². The van der Waals surface area contributed by atoms with E-state index in [0.717, 1.165) is 4.88 Å². The van der Waals surface area contributed by atoms with Crippen molar-refractivity contribution in [2.45, 2.75) is 6.92 Å². The van der Waals surface area contributed by atoms with Crippen molar-refractivity contribution in [1.29, 1.82) is 0 Å². The first kappa shape index (κ1) is 13.2. The van der Waals surface area contributed by atoms with E-state index in [1.807, 2.05) is 17.5 Å². The third kappa shape index (κ3) is 3.89. The van der Waals surface area contributed by atoms with Crippen LogP contribution in [0.5, 0.6) is 5.75 Å². The molecule has 0 bridgehead atoms. The summed E-state index contributed by atoms with van der Waals surface area (Å²) in [6, 6.07) is 10.3. The molecule has 0 amide bonds. The molecule has 1 heterocycles. The second-order valence-electron chi connectivity index (χ2n) is 3.85. The van der Waals surface area contributed by atoms with Gasteiger partial charge in [-0.2, -0.15) is 0 Å². The molecule has 1 aromatic heterocycles. The van der Waals surface area contributed by atoms with E-state index in [1.54, 1.807) is 41.7 Å². The molecular formula is C15H12O3S. The first-order valence-electron chi connectivity index (χ1n) is 5.69. The standard InChI is InChI=1S/C15H12O3S/c1-11(16)12-4-6-13(7-5-12)18-15(17)9-8-14-3-2-10-19-14/h2-10H,1H3. The van der Waals surface area contributed by atoms with E-state index in [0.29, 0.717) is 11.3 Å². The van der Waals surface area contributed by atoms with Gasteiger partial charge in [-0.3, -0.25) is 4.79 Å². The number of ketones is 1. The fraction of sp³-hybridized carbons (Fsp3) is 0.0667. The molecule has 0 aliphatic carbocycles. The van der Waals surface area contributed by atoms with E-state index >= 15 is 0 Å². The summed E-state index contributed by atoms with van der Waals surface area (Å²) < 4.78 is 5.11. The quantitative estimate of drug-likeness (QED) is 0.370. The Kier molecular flexibility index (Phi) is 4.26. The van der Waals surface area contributed by atoms with Crippen molar-refractivity contribution in [3.63, 3.8) is 0 Å². The molecule has 0 aliphatic heterocycles. The van der Waals surface area contributed by atoms with E-state index in [4.69, 9.17) is 4.74 Å². The van der Waals surface area contributed by atoms with E-state index in [2.05, 4.69) is 0 Å². The first-order chi connectivity index (χ1) is 9.15. The Hall–Kier alpha value is -2.20. The predicted octanol–water partition coefficient (Wildman–Crippen LogP) is 3.57. The van der Waals surface area contributed by atoms with Crippen LogP contribution >= 0.6 is 11.3 Å². The summed E-state index contributed by atoms with van der Waals surface area (Å²) in [5, 5.41) is 1.94. The minimum Gasteiger partial charge on any atom is -0.423 e. The summed E-state index contributed by atoms with van der Waals surface area (Å²) in [7, 11) is 0. The molecule has 0 atom stereocenters. The number of hydrogen-bond acceptors (Lipinski definition) is 4. The number of carbonyl (C=O) groups is 2. The van der Waals surface area contributed by atoms with Gasteiger partial charge in [-0.15, -0.1) is 11.3 Å². The van der Waals surface area contributed by atoms with Crippen LogP contribution in [0, 0.1) is 0 Å². The fourth-order valence-electron chi connectivity index (χ4n) is 1.44. The summed E-state index contributed by atoms with van der Waals surface area (Å²) >= 11 is 1.54. The molecule has 2 aromatic rings. The SMILES string of the molecule is CC(=O)c1ccc(OC(=O)C=Cc2cccs2)cc1. The van der Waals surface area contributed by atoms with Crippen LogP contribution < -0.4 is 4.74 Å². The lowest BCUT2D eigenvalue weighted by Gasteiger charge is -2.01. The zero-order valence-corrected chi connectivity index (χ0v) is 11.1. The maximum absolute atomic E-state index is 11.6. The van der Waals surface area contributed by atoms with E-state index < -0.39 is 5.97 Å². The minimum atomic E-state index is -0.441. The summed E-state index contributed by atoms with van der Waals surface area (Å²) in [4.78, 5) is 23.6. The van der Waals surface area contributed by atoms with Crippen LogP contribution in [0.4, 0.5) is 0 Å². The van der Waals surface area contributed by atoms with Gasteiger partial charge in [0.2, 0.25) is 0 Å². The van der Waals surface area contributed by atoms with Crippen LogP contribution in [0.15, 0.2) is 47.9 Å². The number of hydrogen-bond donors (Lipinski definition) is 0. The minimum absolute atomic E-state index is 0.0181. The highest BCUT2D eigenvalue weighted by Crippen LogP contribution is 2.14. The van der Waals surface area contributed by atoms with E-state index in [-0.39, 0.29) is 5.78 Å². The van der Waals surface area contributed by atoms with Gasteiger partial charge < -0.3 is 4.74 Å². The molecule has 2 rings (SSSR count). The molecule has 96 valence electrons. The smallest absolute Gasteiger partial charge is 0.336 e. The predicted molar refractivity (Wildman–Crippen MR) is 75.4 cm³/mol. The highest BCUT2D eigenvalue weighted by molar-refractivity contribution is 7.10. The largest absolute Gasteiger partial charge is 0.423 e. The van der Waals surface area contributed by atoms with Crippen molar-refractivity contribution in [3.8, 4) is 5.75 Å². The van der Waals surface area contributed by atoms with Gasteiger partial charge in [0.15, 0.2) is 5.78 Å². The second-order valence-corrected chi connectivity index (χ2v) is 4.83. The second kappa shape index (κ2) is 6.11. The number of benzene rings is 1. The molecule has 19 heavy (non-hydrogen) atoms. The van der Waals surface area contributed by atoms with Gasteiger partial charge in [0, 0.05) is 16.5 Å². The molecule has 3 nitrogen and oxygen atoms in total. The highest BCUT2D eigenvalue weighted by atomic mass is 32.1. The van der Waals surface area contributed by atoms with E-state index in [9.17, 15) is 9.59 Å². The Morgan fingerprint density at radius 3 is 2.47 bits per heavy atom. The Labute approximate surface area is 115 Å². The van der Waals surface area contributed by atoms with Crippen LogP contribution in [0.25, 0.3) is 6.08 Å². The number of rotatable bonds is 4. The molecule has 0 saturated heterocycles. The van der Waals surface area contributed by atoms with Crippen LogP contribution in [0.1, 0.15) is 22.2 Å². The van der Waals surface area contributed by atoms with Crippen molar-refractivity contribution < 1.29 is 14.3 Å². The lowest BCUT2D eigenvalue weighted by molar-refractivity contribution is -0.128. The molecule has 0 radical (unpaired) electrons. The molecule has 4 heteroatoms. The Morgan fingerprint density at radius 2 is 1.89 bits per heavy atom. The molecule has 0 unspecified atom stereocenters. The van der Waals surface area contributed by atoms with Crippen LogP contribution in [-0.2, 0) is 4.79 Å². The monoisotopic (exact) mass is 272 g/mol. The number of ether oxygens (including phenoxy) is 1. The molecule has 0 N–H and O–H groups in total. The number of esters is 1. The maximum Gasteiger partial charge on any atom is 0.336 e. The van der Waals surface area contributed by atoms with Gasteiger partial charge in [-0.05, 0) is 48.7 Å².